The van der Waals surface area contributed by atoms with E-state index in [0.29, 0.717) is 0 Å². The summed E-state index contributed by atoms with van der Waals surface area (Å²) < 4.78 is 13.8. The number of ether oxygens (including phenoxy) is 2. The van der Waals surface area contributed by atoms with Crippen LogP contribution in [-0.2, 0) is 6.54 Å². The van der Waals surface area contributed by atoms with Gasteiger partial charge in [-0.1, -0.05) is 6.07 Å². The lowest BCUT2D eigenvalue weighted by molar-refractivity contribution is 0.0945. The SMILES string of the molecule is COc1cccc(OC2(C)CCN(Cc3cccn3-c3nccs3)C2)c1. The van der Waals surface area contributed by atoms with E-state index in [4.69, 9.17) is 9.47 Å². The van der Waals surface area contributed by atoms with Crippen molar-refractivity contribution < 1.29 is 9.47 Å². The zero-order chi connectivity index (χ0) is 18.0. The molecule has 6 heteroatoms. The first-order valence-electron chi connectivity index (χ1n) is 8.77. The fourth-order valence-electron chi connectivity index (χ4n) is 3.49. The maximum Gasteiger partial charge on any atom is 0.193 e. The number of likely N-dealkylation sites (tertiary alicyclic amines) is 1. The molecule has 3 heterocycles. The van der Waals surface area contributed by atoms with Crippen LogP contribution in [0.2, 0.25) is 0 Å². The lowest BCUT2D eigenvalue weighted by Gasteiger charge is -2.26. The number of hydrogen-bond donors (Lipinski definition) is 0. The lowest BCUT2D eigenvalue weighted by Crippen LogP contribution is -2.36. The average Bonchev–Trinajstić information content (AvgIpc) is 3.37. The molecular weight excluding hydrogens is 346 g/mol. The van der Waals surface area contributed by atoms with Crippen LogP contribution in [0.5, 0.6) is 11.5 Å². The standard InChI is InChI=1S/C20H23N3O2S/c1-20(25-18-7-3-6-17(13-18)24-2)8-11-22(15-20)14-16-5-4-10-23(16)19-21-9-12-26-19/h3-7,9-10,12-13H,8,11,14-15H2,1-2H3. The lowest BCUT2D eigenvalue weighted by atomic mass is 10.1. The second-order valence-corrected chi connectivity index (χ2v) is 7.75. The molecule has 1 fully saturated rings. The highest BCUT2D eigenvalue weighted by Gasteiger charge is 2.36. The van der Waals surface area contributed by atoms with Crippen molar-refractivity contribution >= 4 is 11.3 Å². The van der Waals surface area contributed by atoms with Crippen molar-refractivity contribution in [2.24, 2.45) is 0 Å². The maximum absolute atomic E-state index is 6.32. The predicted octanol–water partition coefficient (Wildman–Crippen LogP) is 3.99. The quantitative estimate of drug-likeness (QED) is 0.659. The normalized spacial score (nSPS) is 20.4. The molecule has 1 atom stereocenters. The average molecular weight is 369 g/mol. The molecule has 0 amide bonds. The summed E-state index contributed by atoms with van der Waals surface area (Å²) in [6.45, 7) is 4.99. The van der Waals surface area contributed by atoms with Gasteiger partial charge in [-0.05, 0) is 31.2 Å². The summed E-state index contributed by atoms with van der Waals surface area (Å²) in [4.78, 5) is 6.87. The van der Waals surface area contributed by atoms with Crippen molar-refractivity contribution in [3.05, 3.63) is 59.9 Å². The predicted molar refractivity (Wildman–Crippen MR) is 103 cm³/mol. The Labute approximate surface area is 157 Å². The highest BCUT2D eigenvalue weighted by molar-refractivity contribution is 7.12. The van der Waals surface area contributed by atoms with Crippen LogP contribution in [0.1, 0.15) is 19.0 Å². The molecule has 0 bridgehead atoms. The Morgan fingerprint density at radius 3 is 2.92 bits per heavy atom. The number of benzene rings is 1. The Hall–Kier alpha value is -2.31. The molecule has 0 radical (unpaired) electrons. The van der Waals surface area contributed by atoms with Crippen molar-refractivity contribution in [3.8, 4) is 16.6 Å². The molecule has 26 heavy (non-hydrogen) atoms. The third-order valence-corrected chi connectivity index (χ3v) is 5.54. The Kier molecular flexibility index (Phi) is 4.70. The summed E-state index contributed by atoms with van der Waals surface area (Å²) in [6.07, 6.45) is 4.93. The van der Waals surface area contributed by atoms with E-state index >= 15 is 0 Å². The Bertz CT molecular complexity index is 862. The summed E-state index contributed by atoms with van der Waals surface area (Å²) in [6, 6.07) is 12.1. The minimum Gasteiger partial charge on any atom is -0.497 e. The van der Waals surface area contributed by atoms with E-state index in [1.165, 1.54) is 5.69 Å². The number of aromatic nitrogens is 2. The highest BCUT2D eigenvalue weighted by Crippen LogP contribution is 2.30. The first-order chi connectivity index (χ1) is 12.6. The van der Waals surface area contributed by atoms with Gasteiger partial charge in [0.25, 0.3) is 0 Å². The Morgan fingerprint density at radius 2 is 2.12 bits per heavy atom. The van der Waals surface area contributed by atoms with E-state index in [1.54, 1.807) is 18.4 Å². The second-order valence-electron chi connectivity index (χ2n) is 6.88. The number of rotatable bonds is 6. The van der Waals surface area contributed by atoms with Gasteiger partial charge < -0.3 is 9.47 Å². The first kappa shape index (κ1) is 17.1. The smallest absolute Gasteiger partial charge is 0.193 e. The molecule has 0 N–H and O–H groups in total. The van der Waals surface area contributed by atoms with Gasteiger partial charge in [-0.15, -0.1) is 11.3 Å². The van der Waals surface area contributed by atoms with Gasteiger partial charge in [-0.25, -0.2) is 4.98 Å². The molecule has 0 saturated carbocycles. The number of thiazole rings is 1. The number of methoxy groups -OCH3 is 1. The van der Waals surface area contributed by atoms with E-state index in [9.17, 15) is 0 Å². The van der Waals surface area contributed by atoms with Gasteiger partial charge in [0.1, 0.15) is 17.1 Å². The molecule has 0 aliphatic carbocycles. The van der Waals surface area contributed by atoms with Crippen LogP contribution < -0.4 is 9.47 Å². The molecule has 0 spiro atoms. The van der Waals surface area contributed by atoms with Crippen LogP contribution in [-0.4, -0.2) is 40.3 Å². The zero-order valence-electron chi connectivity index (χ0n) is 15.1. The molecule has 1 aromatic carbocycles. The molecular formula is C20H23N3O2S. The second kappa shape index (κ2) is 7.13. The zero-order valence-corrected chi connectivity index (χ0v) is 15.9. The van der Waals surface area contributed by atoms with Crippen LogP contribution in [0.15, 0.2) is 54.2 Å². The van der Waals surface area contributed by atoms with Crippen LogP contribution in [0.3, 0.4) is 0 Å². The van der Waals surface area contributed by atoms with Gasteiger partial charge in [0, 0.05) is 55.6 Å². The highest BCUT2D eigenvalue weighted by atomic mass is 32.1. The van der Waals surface area contributed by atoms with Gasteiger partial charge in [-0.2, -0.15) is 0 Å². The van der Waals surface area contributed by atoms with Gasteiger partial charge in [0.15, 0.2) is 5.13 Å². The minimum atomic E-state index is -0.190. The number of nitrogens with zero attached hydrogens (tertiary/aromatic N) is 3. The van der Waals surface area contributed by atoms with Gasteiger partial charge in [0.2, 0.25) is 0 Å². The maximum atomic E-state index is 6.32. The van der Waals surface area contributed by atoms with E-state index in [-0.39, 0.29) is 5.60 Å². The van der Waals surface area contributed by atoms with Crippen molar-refractivity contribution in [3.63, 3.8) is 0 Å². The Balaban J connectivity index is 1.43. The van der Waals surface area contributed by atoms with Crippen molar-refractivity contribution in [1.29, 1.82) is 0 Å². The minimum absolute atomic E-state index is 0.190. The van der Waals surface area contributed by atoms with Crippen molar-refractivity contribution in [1.82, 2.24) is 14.5 Å². The first-order valence-corrected chi connectivity index (χ1v) is 9.65. The Morgan fingerprint density at radius 1 is 1.23 bits per heavy atom. The molecule has 1 unspecified atom stereocenters. The summed E-state index contributed by atoms with van der Waals surface area (Å²) >= 11 is 1.65. The van der Waals surface area contributed by atoms with Crippen molar-refractivity contribution in [2.75, 3.05) is 20.2 Å². The largest absolute Gasteiger partial charge is 0.497 e. The molecule has 1 aliphatic heterocycles. The van der Waals surface area contributed by atoms with Gasteiger partial charge in [-0.3, -0.25) is 9.47 Å². The fourth-order valence-corrected chi connectivity index (χ4v) is 4.15. The molecule has 136 valence electrons. The molecule has 4 rings (SSSR count). The fraction of sp³-hybridized carbons (Fsp3) is 0.350. The molecule has 5 nitrogen and oxygen atoms in total. The van der Waals surface area contributed by atoms with E-state index in [2.05, 4.69) is 39.7 Å². The molecule has 3 aromatic rings. The van der Waals surface area contributed by atoms with Crippen LogP contribution in [0.4, 0.5) is 0 Å². The number of hydrogen-bond acceptors (Lipinski definition) is 5. The van der Waals surface area contributed by atoms with Crippen LogP contribution in [0.25, 0.3) is 5.13 Å². The van der Waals surface area contributed by atoms with Crippen molar-refractivity contribution in [2.45, 2.75) is 25.5 Å². The third-order valence-electron chi connectivity index (χ3n) is 4.76. The summed E-state index contributed by atoms with van der Waals surface area (Å²) in [7, 11) is 1.68. The summed E-state index contributed by atoms with van der Waals surface area (Å²) in [5.41, 5.74) is 1.07. The molecule has 2 aromatic heterocycles. The van der Waals surface area contributed by atoms with E-state index in [1.807, 2.05) is 35.8 Å². The molecule has 1 saturated heterocycles. The topological polar surface area (TPSA) is 39.5 Å². The van der Waals surface area contributed by atoms with E-state index in [0.717, 1.165) is 42.7 Å². The van der Waals surface area contributed by atoms with Crippen LogP contribution >= 0.6 is 11.3 Å². The van der Waals surface area contributed by atoms with Crippen LogP contribution in [0, 0.1) is 0 Å². The summed E-state index contributed by atoms with van der Waals surface area (Å²) in [5, 5.41) is 3.02. The summed E-state index contributed by atoms with van der Waals surface area (Å²) in [5.74, 6) is 1.68. The van der Waals surface area contributed by atoms with Gasteiger partial charge >= 0.3 is 0 Å². The third kappa shape index (κ3) is 3.61. The monoisotopic (exact) mass is 369 g/mol. The van der Waals surface area contributed by atoms with Gasteiger partial charge in [0.05, 0.1) is 7.11 Å². The van der Waals surface area contributed by atoms with E-state index < -0.39 is 0 Å². The molecule has 1 aliphatic rings.